The van der Waals surface area contributed by atoms with Gasteiger partial charge in [0.15, 0.2) is 0 Å². The van der Waals surface area contributed by atoms with Gasteiger partial charge < -0.3 is 18.8 Å². The second-order valence-corrected chi connectivity index (χ2v) is 6.63. The molecule has 0 unspecified atom stereocenters. The van der Waals surface area contributed by atoms with Crippen LogP contribution in [-0.4, -0.2) is 58.6 Å². The van der Waals surface area contributed by atoms with Crippen LogP contribution < -0.4 is 4.74 Å². The molecule has 0 saturated carbocycles. The van der Waals surface area contributed by atoms with Gasteiger partial charge in [-0.25, -0.2) is 4.98 Å². The Kier molecular flexibility index (Phi) is 5.02. The molecule has 0 bridgehead atoms. The van der Waals surface area contributed by atoms with Crippen molar-refractivity contribution >= 4 is 11.4 Å². The lowest BCUT2D eigenvalue weighted by Gasteiger charge is -2.24. The molecule has 1 aliphatic rings. The molecule has 1 fully saturated rings. The van der Waals surface area contributed by atoms with E-state index in [1.807, 2.05) is 29.6 Å². The lowest BCUT2D eigenvalue weighted by molar-refractivity contribution is 0.0733. The van der Waals surface area contributed by atoms with Gasteiger partial charge in [0.1, 0.15) is 5.56 Å². The van der Waals surface area contributed by atoms with E-state index in [0.29, 0.717) is 37.7 Å². The summed E-state index contributed by atoms with van der Waals surface area (Å²) in [4.78, 5) is 23.5. The van der Waals surface area contributed by atoms with Crippen LogP contribution in [0.2, 0.25) is 0 Å². The van der Waals surface area contributed by atoms with Crippen LogP contribution >= 0.6 is 0 Å². The average Bonchev–Trinajstić information content (AvgIpc) is 3.07. The molecule has 140 valence electrons. The van der Waals surface area contributed by atoms with Gasteiger partial charge in [0.25, 0.3) is 5.91 Å². The molecule has 3 aromatic heterocycles. The Hall–Kier alpha value is -2.93. The summed E-state index contributed by atoms with van der Waals surface area (Å²) in [7, 11) is 1.53. The molecule has 1 amide bonds. The van der Waals surface area contributed by atoms with Gasteiger partial charge in [0.05, 0.1) is 31.5 Å². The highest BCUT2D eigenvalue weighted by Crippen LogP contribution is 2.21. The minimum Gasteiger partial charge on any atom is -0.480 e. The predicted molar refractivity (Wildman–Crippen MR) is 99.9 cm³/mol. The van der Waals surface area contributed by atoms with E-state index in [1.165, 1.54) is 7.11 Å². The molecule has 0 aromatic carbocycles. The van der Waals surface area contributed by atoms with Crippen molar-refractivity contribution in [3.05, 3.63) is 60.3 Å². The molecule has 4 rings (SSSR count). The highest BCUT2D eigenvalue weighted by molar-refractivity contribution is 5.96. The van der Waals surface area contributed by atoms with Crippen LogP contribution in [-0.2, 0) is 11.2 Å². The lowest BCUT2D eigenvalue weighted by atomic mass is 10.0. The van der Waals surface area contributed by atoms with E-state index in [9.17, 15) is 4.79 Å². The van der Waals surface area contributed by atoms with Gasteiger partial charge in [-0.05, 0) is 30.7 Å². The summed E-state index contributed by atoms with van der Waals surface area (Å²) in [5.41, 5.74) is 2.59. The fraction of sp³-hybridized carbons (Fsp3) is 0.350. The van der Waals surface area contributed by atoms with Crippen LogP contribution in [0.4, 0.5) is 0 Å². The van der Waals surface area contributed by atoms with Crippen molar-refractivity contribution in [2.24, 2.45) is 5.92 Å². The zero-order chi connectivity index (χ0) is 18.6. The van der Waals surface area contributed by atoms with Crippen molar-refractivity contribution < 1.29 is 14.3 Å². The second-order valence-electron chi connectivity index (χ2n) is 6.63. The molecule has 27 heavy (non-hydrogen) atoms. The fourth-order valence-electron chi connectivity index (χ4n) is 3.54. The van der Waals surface area contributed by atoms with E-state index in [0.717, 1.165) is 17.6 Å². The van der Waals surface area contributed by atoms with E-state index >= 15 is 0 Å². The summed E-state index contributed by atoms with van der Waals surface area (Å²) in [6, 6.07) is 7.56. The summed E-state index contributed by atoms with van der Waals surface area (Å²) < 4.78 is 13.1. The topological polar surface area (TPSA) is 69.0 Å². The third kappa shape index (κ3) is 3.64. The molecule has 1 atom stereocenters. The number of nitrogens with zero attached hydrogens (tertiary/aromatic N) is 4. The molecule has 3 aromatic rings. The molecule has 0 aliphatic carbocycles. The second kappa shape index (κ2) is 7.75. The maximum atomic E-state index is 13.0. The maximum absolute atomic E-state index is 13.0. The number of fused-ring (bicyclic) bond motifs is 1. The molecule has 1 aliphatic heterocycles. The summed E-state index contributed by atoms with van der Waals surface area (Å²) in [5.74, 6) is 0.445. The zero-order valence-corrected chi connectivity index (χ0v) is 15.2. The van der Waals surface area contributed by atoms with Gasteiger partial charge in [-0.1, -0.05) is 0 Å². The summed E-state index contributed by atoms with van der Waals surface area (Å²) >= 11 is 0. The average molecular weight is 366 g/mol. The highest BCUT2D eigenvalue weighted by atomic mass is 16.5. The van der Waals surface area contributed by atoms with E-state index < -0.39 is 0 Å². The van der Waals surface area contributed by atoms with E-state index in [1.54, 1.807) is 18.3 Å². The number of rotatable bonds is 4. The van der Waals surface area contributed by atoms with Crippen LogP contribution in [0.3, 0.4) is 0 Å². The smallest absolute Gasteiger partial charge is 0.259 e. The number of aromatic nitrogens is 3. The molecule has 0 spiro atoms. The fourth-order valence-corrected chi connectivity index (χ4v) is 3.54. The van der Waals surface area contributed by atoms with E-state index in [-0.39, 0.29) is 11.8 Å². The first kappa shape index (κ1) is 17.5. The van der Waals surface area contributed by atoms with E-state index in [4.69, 9.17) is 9.47 Å². The number of amides is 1. The zero-order valence-electron chi connectivity index (χ0n) is 15.2. The normalized spacial score (nSPS) is 17.7. The van der Waals surface area contributed by atoms with Crippen LogP contribution in [0, 0.1) is 5.92 Å². The number of hydrogen-bond acceptors (Lipinski definition) is 5. The standard InChI is InChI=1S/C20H22N4O3/c1-26-19-16(4-2-6-22-19)20(25)24-10-11-27-14-15(13-24)12-17-18-5-3-8-23(18)9-7-21-17/h2-9,15H,10-14H2,1H3/t15-/m1/s1. The van der Waals surface area contributed by atoms with Gasteiger partial charge in [-0.15, -0.1) is 0 Å². The van der Waals surface area contributed by atoms with Crippen LogP contribution in [0.1, 0.15) is 16.1 Å². The largest absolute Gasteiger partial charge is 0.480 e. The van der Waals surface area contributed by atoms with Crippen molar-refractivity contribution in [1.82, 2.24) is 19.3 Å². The number of hydrogen-bond donors (Lipinski definition) is 0. The molecule has 0 radical (unpaired) electrons. The van der Waals surface area contributed by atoms with Gasteiger partial charge in [-0.3, -0.25) is 9.78 Å². The van der Waals surface area contributed by atoms with Crippen molar-refractivity contribution in [3.63, 3.8) is 0 Å². The maximum Gasteiger partial charge on any atom is 0.259 e. The first-order valence-corrected chi connectivity index (χ1v) is 9.03. The van der Waals surface area contributed by atoms with E-state index in [2.05, 4.69) is 20.4 Å². The monoisotopic (exact) mass is 366 g/mol. The van der Waals surface area contributed by atoms with Crippen molar-refractivity contribution in [2.75, 3.05) is 33.4 Å². The summed E-state index contributed by atoms with van der Waals surface area (Å²) in [6.45, 7) is 2.29. The third-order valence-corrected chi connectivity index (χ3v) is 4.83. The number of carbonyl (C=O) groups excluding carboxylic acids is 1. The van der Waals surface area contributed by atoms with Crippen molar-refractivity contribution in [2.45, 2.75) is 6.42 Å². The highest BCUT2D eigenvalue weighted by Gasteiger charge is 2.26. The third-order valence-electron chi connectivity index (χ3n) is 4.83. The minimum absolute atomic E-state index is 0.0793. The molecular weight excluding hydrogens is 344 g/mol. The minimum atomic E-state index is -0.0793. The van der Waals surface area contributed by atoms with Crippen molar-refractivity contribution in [3.8, 4) is 5.88 Å². The Morgan fingerprint density at radius 1 is 1.26 bits per heavy atom. The van der Waals surface area contributed by atoms with Crippen LogP contribution in [0.25, 0.3) is 5.52 Å². The van der Waals surface area contributed by atoms with Crippen LogP contribution in [0.5, 0.6) is 5.88 Å². The Morgan fingerprint density at radius 3 is 3.07 bits per heavy atom. The SMILES string of the molecule is COc1ncccc1C(=O)N1CCOC[C@H](Cc2nccn3cccc23)C1. The number of carbonyl (C=O) groups is 1. The van der Waals surface area contributed by atoms with Crippen LogP contribution in [0.15, 0.2) is 49.1 Å². The molecule has 0 N–H and O–H groups in total. The molecule has 7 nitrogen and oxygen atoms in total. The molecule has 7 heteroatoms. The quantitative estimate of drug-likeness (QED) is 0.707. The summed E-state index contributed by atoms with van der Waals surface area (Å²) in [6.07, 6.45) is 8.13. The Morgan fingerprint density at radius 2 is 2.19 bits per heavy atom. The predicted octanol–water partition coefficient (Wildman–Crippen LogP) is 2.07. The lowest BCUT2D eigenvalue weighted by Crippen LogP contribution is -2.36. The first-order valence-electron chi connectivity index (χ1n) is 9.03. The Labute approximate surface area is 157 Å². The summed E-state index contributed by atoms with van der Waals surface area (Å²) in [5, 5.41) is 0. The molecular formula is C20H22N4O3. The Balaban J connectivity index is 1.54. The number of ether oxygens (including phenoxy) is 2. The van der Waals surface area contributed by atoms with Gasteiger partial charge in [0, 0.05) is 43.8 Å². The van der Waals surface area contributed by atoms with Gasteiger partial charge in [-0.2, -0.15) is 0 Å². The first-order chi connectivity index (χ1) is 13.3. The Bertz CT molecular complexity index is 940. The number of methoxy groups -OCH3 is 1. The van der Waals surface area contributed by atoms with Gasteiger partial charge in [0.2, 0.25) is 5.88 Å². The molecule has 1 saturated heterocycles. The number of pyridine rings is 1. The van der Waals surface area contributed by atoms with Crippen molar-refractivity contribution in [1.29, 1.82) is 0 Å². The molecule has 4 heterocycles. The van der Waals surface area contributed by atoms with Gasteiger partial charge >= 0.3 is 0 Å².